The van der Waals surface area contributed by atoms with Crippen molar-refractivity contribution in [3.05, 3.63) is 0 Å². The molecular weight excluding hydrogens is 244 g/mol. The minimum absolute atomic E-state index is 0.595. The molecule has 2 rings (SSSR count). The summed E-state index contributed by atoms with van der Waals surface area (Å²) in [4.78, 5) is 5.39. The summed E-state index contributed by atoms with van der Waals surface area (Å²) >= 11 is 0. The van der Waals surface area contributed by atoms with Crippen LogP contribution in [-0.4, -0.2) is 48.6 Å². The van der Waals surface area contributed by atoms with Crippen molar-refractivity contribution in [2.75, 3.05) is 32.7 Å². The minimum Gasteiger partial charge on any atom is -0.303 e. The molecule has 0 radical (unpaired) electrons. The molecule has 0 aromatic rings. The zero-order valence-electron chi connectivity index (χ0n) is 14.5. The van der Waals surface area contributed by atoms with Gasteiger partial charge in [0.1, 0.15) is 0 Å². The van der Waals surface area contributed by atoms with Crippen LogP contribution in [0.5, 0.6) is 0 Å². The third-order valence-electron chi connectivity index (χ3n) is 6.29. The van der Waals surface area contributed by atoms with Crippen LogP contribution in [0.1, 0.15) is 60.3 Å². The smallest absolute Gasteiger partial charge is 0.00385 e. The molecule has 2 aliphatic heterocycles. The van der Waals surface area contributed by atoms with Crippen molar-refractivity contribution in [2.24, 2.45) is 17.3 Å². The third-order valence-corrected chi connectivity index (χ3v) is 6.29. The fourth-order valence-corrected chi connectivity index (χ4v) is 3.84. The van der Waals surface area contributed by atoms with Crippen LogP contribution >= 0.6 is 0 Å². The van der Waals surface area contributed by atoms with Crippen molar-refractivity contribution in [3.8, 4) is 0 Å². The first-order valence-corrected chi connectivity index (χ1v) is 8.87. The largest absolute Gasteiger partial charge is 0.303 e. The average molecular weight is 280 g/mol. The lowest BCUT2D eigenvalue weighted by atomic mass is 9.72. The van der Waals surface area contributed by atoms with E-state index in [0.717, 1.165) is 17.9 Å². The van der Waals surface area contributed by atoms with E-state index < -0.39 is 0 Å². The predicted octanol–water partition coefficient (Wildman–Crippen LogP) is 3.86. The highest BCUT2D eigenvalue weighted by Crippen LogP contribution is 2.38. The molecule has 0 bridgehead atoms. The fourth-order valence-electron chi connectivity index (χ4n) is 3.84. The van der Waals surface area contributed by atoms with Gasteiger partial charge in [-0.3, -0.25) is 0 Å². The van der Waals surface area contributed by atoms with Crippen LogP contribution in [0.3, 0.4) is 0 Å². The summed E-state index contributed by atoms with van der Waals surface area (Å²) in [7, 11) is 0. The van der Waals surface area contributed by atoms with Gasteiger partial charge >= 0.3 is 0 Å². The maximum Gasteiger partial charge on any atom is 0.00385 e. The van der Waals surface area contributed by atoms with E-state index in [9.17, 15) is 0 Å². The number of hydrogen-bond donors (Lipinski definition) is 0. The maximum absolute atomic E-state index is 2.75. The molecule has 0 saturated carbocycles. The fraction of sp³-hybridized carbons (Fsp3) is 1.00. The van der Waals surface area contributed by atoms with Gasteiger partial charge in [-0.05, 0) is 83.0 Å². The summed E-state index contributed by atoms with van der Waals surface area (Å²) in [6, 6.07) is 0.734. The topological polar surface area (TPSA) is 6.48 Å². The van der Waals surface area contributed by atoms with E-state index in [1.165, 1.54) is 58.4 Å². The van der Waals surface area contributed by atoms with Crippen LogP contribution in [-0.2, 0) is 0 Å². The summed E-state index contributed by atoms with van der Waals surface area (Å²) in [5, 5.41) is 0. The van der Waals surface area contributed by atoms with E-state index in [4.69, 9.17) is 0 Å². The number of hydrogen-bond acceptors (Lipinski definition) is 2. The molecule has 2 nitrogen and oxygen atoms in total. The molecule has 2 heteroatoms. The zero-order chi connectivity index (χ0) is 14.8. The van der Waals surface area contributed by atoms with Gasteiger partial charge in [0.2, 0.25) is 0 Å². The molecule has 0 spiro atoms. The van der Waals surface area contributed by atoms with E-state index >= 15 is 0 Å². The highest BCUT2D eigenvalue weighted by molar-refractivity contribution is 4.86. The standard InChI is InChI=1S/C18H36N2/c1-15(2)18(5)8-12-19(13-9-18)14-17-6-10-20(11-7-17)16(3)4/h15-17H,6-14H2,1-5H3. The minimum atomic E-state index is 0.595. The summed E-state index contributed by atoms with van der Waals surface area (Å²) in [6.07, 6.45) is 5.62. The van der Waals surface area contributed by atoms with Crippen LogP contribution in [0.25, 0.3) is 0 Å². The lowest BCUT2D eigenvalue weighted by Crippen LogP contribution is -2.45. The SMILES string of the molecule is CC(C)N1CCC(CN2CCC(C)(C(C)C)CC2)CC1. The monoisotopic (exact) mass is 280 g/mol. The molecule has 0 aliphatic carbocycles. The van der Waals surface area contributed by atoms with Gasteiger partial charge < -0.3 is 9.80 Å². The quantitative estimate of drug-likeness (QED) is 0.771. The van der Waals surface area contributed by atoms with Gasteiger partial charge in [0.25, 0.3) is 0 Å². The van der Waals surface area contributed by atoms with Crippen LogP contribution < -0.4 is 0 Å². The van der Waals surface area contributed by atoms with Gasteiger partial charge in [-0.25, -0.2) is 0 Å². The van der Waals surface area contributed by atoms with Crippen molar-refractivity contribution < 1.29 is 0 Å². The summed E-state index contributed by atoms with van der Waals surface area (Å²) in [5.74, 6) is 1.78. The molecule has 0 atom stereocenters. The number of rotatable bonds is 4. The summed E-state index contributed by atoms with van der Waals surface area (Å²) in [6.45, 7) is 18.6. The van der Waals surface area contributed by atoms with Crippen molar-refractivity contribution in [1.82, 2.24) is 9.80 Å². The highest BCUT2D eigenvalue weighted by atomic mass is 15.2. The molecule has 0 unspecified atom stereocenters. The van der Waals surface area contributed by atoms with E-state index in [1.807, 2.05) is 0 Å². The molecule has 0 N–H and O–H groups in total. The second-order valence-corrected chi connectivity index (χ2v) is 8.18. The Bertz CT molecular complexity index is 282. The Balaban J connectivity index is 1.72. The van der Waals surface area contributed by atoms with Gasteiger partial charge in [-0.2, -0.15) is 0 Å². The predicted molar refractivity (Wildman–Crippen MR) is 88.1 cm³/mol. The number of piperidine rings is 2. The van der Waals surface area contributed by atoms with Crippen LogP contribution in [0.4, 0.5) is 0 Å². The Kier molecular flexibility index (Phi) is 5.53. The van der Waals surface area contributed by atoms with E-state index in [2.05, 4.69) is 44.4 Å². The molecule has 0 amide bonds. The van der Waals surface area contributed by atoms with E-state index in [1.54, 1.807) is 0 Å². The van der Waals surface area contributed by atoms with Gasteiger partial charge in [-0.15, -0.1) is 0 Å². The Hall–Kier alpha value is -0.0800. The summed E-state index contributed by atoms with van der Waals surface area (Å²) < 4.78 is 0. The Morgan fingerprint density at radius 3 is 1.95 bits per heavy atom. The highest BCUT2D eigenvalue weighted by Gasteiger charge is 2.33. The maximum atomic E-state index is 2.75. The van der Waals surface area contributed by atoms with Crippen LogP contribution in [0.2, 0.25) is 0 Å². The van der Waals surface area contributed by atoms with Crippen molar-refractivity contribution in [3.63, 3.8) is 0 Å². The first-order chi connectivity index (χ1) is 9.40. The first-order valence-electron chi connectivity index (χ1n) is 8.87. The lowest BCUT2D eigenvalue weighted by molar-refractivity contribution is 0.0557. The third kappa shape index (κ3) is 3.98. The molecule has 20 heavy (non-hydrogen) atoms. The second kappa shape index (κ2) is 6.79. The Labute approximate surface area is 126 Å². The molecule has 0 aromatic carbocycles. The van der Waals surface area contributed by atoms with E-state index in [0.29, 0.717) is 5.41 Å². The van der Waals surface area contributed by atoms with Crippen molar-refractivity contribution >= 4 is 0 Å². The molecule has 0 aromatic heterocycles. The molecule has 118 valence electrons. The zero-order valence-corrected chi connectivity index (χ0v) is 14.5. The Morgan fingerprint density at radius 2 is 1.50 bits per heavy atom. The molecule has 2 aliphatic rings. The second-order valence-electron chi connectivity index (χ2n) is 8.18. The molecule has 2 heterocycles. The number of nitrogens with zero attached hydrogens (tertiary/aromatic N) is 2. The molecular formula is C18H36N2. The Morgan fingerprint density at radius 1 is 0.950 bits per heavy atom. The molecule has 2 fully saturated rings. The van der Waals surface area contributed by atoms with Crippen LogP contribution in [0.15, 0.2) is 0 Å². The normalized spacial score (nSPS) is 26.6. The van der Waals surface area contributed by atoms with Crippen molar-refractivity contribution in [2.45, 2.75) is 66.3 Å². The van der Waals surface area contributed by atoms with Crippen LogP contribution in [0, 0.1) is 17.3 Å². The summed E-state index contributed by atoms with van der Waals surface area (Å²) in [5.41, 5.74) is 0.595. The first kappa shape index (κ1) is 16.3. The van der Waals surface area contributed by atoms with Gasteiger partial charge in [0, 0.05) is 12.6 Å². The van der Waals surface area contributed by atoms with E-state index in [-0.39, 0.29) is 0 Å². The van der Waals surface area contributed by atoms with Crippen molar-refractivity contribution in [1.29, 1.82) is 0 Å². The molecule has 2 saturated heterocycles. The van der Waals surface area contributed by atoms with Gasteiger partial charge in [0.05, 0.1) is 0 Å². The lowest BCUT2D eigenvalue weighted by Gasteiger charge is -2.44. The average Bonchev–Trinajstić information content (AvgIpc) is 2.42. The van der Waals surface area contributed by atoms with Gasteiger partial charge in [0.15, 0.2) is 0 Å². The number of likely N-dealkylation sites (tertiary alicyclic amines) is 2. The van der Waals surface area contributed by atoms with Gasteiger partial charge in [-0.1, -0.05) is 20.8 Å².